The number of Topliss-reactive ketones (excluding diaryl/α,β-unsaturated/α-hetero) is 2. The van der Waals surface area contributed by atoms with Gasteiger partial charge in [-0.05, 0) is 18.6 Å². The Labute approximate surface area is 112 Å². The van der Waals surface area contributed by atoms with E-state index in [1.165, 1.54) is 11.6 Å². The number of aryl methyl sites for hydroxylation is 1. The van der Waals surface area contributed by atoms with Gasteiger partial charge in [-0.15, -0.1) is 11.8 Å². The van der Waals surface area contributed by atoms with Gasteiger partial charge in [0.15, 0.2) is 11.6 Å². The highest BCUT2D eigenvalue weighted by Crippen LogP contribution is 2.43. The molecule has 3 rings (SSSR count). The maximum Gasteiger partial charge on any atom is 0.264 e. The highest BCUT2D eigenvalue weighted by atomic mass is 32.2. The first-order valence-electron chi connectivity index (χ1n) is 5.55. The summed E-state index contributed by atoms with van der Waals surface area (Å²) in [6, 6.07) is 1.61. The summed E-state index contributed by atoms with van der Waals surface area (Å²) in [7, 11) is 0. The lowest BCUT2D eigenvalue weighted by molar-refractivity contribution is -0.430. The van der Waals surface area contributed by atoms with Crippen LogP contribution < -0.4 is 0 Å². The third kappa shape index (κ3) is 1.61. The zero-order chi connectivity index (χ0) is 13.7. The number of pyridine rings is 1. The van der Waals surface area contributed by atoms with Gasteiger partial charge < -0.3 is 0 Å². The maximum atomic E-state index is 12.3. The van der Waals surface area contributed by atoms with Crippen molar-refractivity contribution in [2.24, 2.45) is 5.92 Å². The number of aromatic nitrogens is 1. The van der Waals surface area contributed by atoms with Gasteiger partial charge in [-0.3, -0.25) is 24.7 Å². The summed E-state index contributed by atoms with van der Waals surface area (Å²) in [6.45, 7) is 1.78. The van der Waals surface area contributed by atoms with Gasteiger partial charge in [0.1, 0.15) is 11.6 Å². The molecule has 2 heterocycles. The number of allylic oxidation sites excluding steroid dienone is 1. The summed E-state index contributed by atoms with van der Waals surface area (Å²) in [5.74, 6) is -1.70. The molecule has 0 radical (unpaired) electrons. The standard InChI is InChI=1S/C12H8N2O4S/c1-5-2-6-9(13-3-5)11(16)8-7(14(17)18)4-19-12(8)10(6)15/h2-4,8,12H,1H3. The SMILES string of the molecule is Cc1cnc2c(c1)C(=O)C1SC=C([N+](=O)[O-])C1C2=O. The van der Waals surface area contributed by atoms with E-state index in [2.05, 4.69) is 4.98 Å². The molecule has 19 heavy (non-hydrogen) atoms. The number of carbonyl (C=O) groups excluding carboxylic acids is 2. The van der Waals surface area contributed by atoms with Gasteiger partial charge in [-0.25, -0.2) is 0 Å². The van der Waals surface area contributed by atoms with E-state index < -0.39 is 21.9 Å². The van der Waals surface area contributed by atoms with Crippen LogP contribution in [0.2, 0.25) is 0 Å². The predicted molar refractivity (Wildman–Crippen MR) is 67.6 cm³/mol. The number of hydrogen-bond acceptors (Lipinski definition) is 6. The summed E-state index contributed by atoms with van der Waals surface area (Å²) in [4.78, 5) is 38.9. The predicted octanol–water partition coefficient (Wildman–Crippen LogP) is 1.62. The van der Waals surface area contributed by atoms with E-state index in [1.807, 2.05) is 0 Å². The summed E-state index contributed by atoms with van der Waals surface area (Å²) >= 11 is 1.04. The number of fused-ring (bicyclic) bond motifs is 2. The number of hydrogen-bond donors (Lipinski definition) is 0. The Morgan fingerprint density at radius 3 is 2.79 bits per heavy atom. The first kappa shape index (κ1) is 12.0. The van der Waals surface area contributed by atoms with Gasteiger partial charge in [-0.1, -0.05) is 0 Å². The molecular formula is C12H8N2O4S. The van der Waals surface area contributed by atoms with Crippen molar-refractivity contribution in [3.63, 3.8) is 0 Å². The van der Waals surface area contributed by atoms with E-state index in [0.29, 0.717) is 0 Å². The van der Waals surface area contributed by atoms with E-state index >= 15 is 0 Å². The van der Waals surface area contributed by atoms with Crippen molar-refractivity contribution in [1.82, 2.24) is 4.98 Å². The van der Waals surface area contributed by atoms with Crippen LogP contribution in [0.25, 0.3) is 0 Å². The third-order valence-corrected chi connectivity index (χ3v) is 4.39. The quantitative estimate of drug-likeness (QED) is 0.572. The van der Waals surface area contributed by atoms with Crippen molar-refractivity contribution in [3.8, 4) is 0 Å². The summed E-state index contributed by atoms with van der Waals surface area (Å²) in [5, 5.41) is 11.5. The number of nitro groups is 1. The van der Waals surface area contributed by atoms with Crippen LogP contribution in [0.4, 0.5) is 0 Å². The molecule has 6 nitrogen and oxygen atoms in total. The third-order valence-electron chi connectivity index (χ3n) is 3.23. The molecule has 0 amide bonds. The molecule has 0 spiro atoms. The van der Waals surface area contributed by atoms with Gasteiger partial charge in [-0.2, -0.15) is 0 Å². The fourth-order valence-electron chi connectivity index (χ4n) is 2.35. The lowest BCUT2D eigenvalue weighted by Gasteiger charge is -2.23. The molecule has 2 unspecified atom stereocenters. The molecule has 1 aromatic rings. The Morgan fingerprint density at radius 1 is 1.37 bits per heavy atom. The van der Waals surface area contributed by atoms with Crippen LogP contribution in [0.15, 0.2) is 23.4 Å². The first-order valence-corrected chi connectivity index (χ1v) is 6.50. The smallest absolute Gasteiger partial charge is 0.264 e. The van der Waals surface area contributed by atoms with E-state index in [0.717, 1.165) is 17.3 Å². The van der Waals surface area contributed by atoms with Crippen LogP contribution in [-0.4, -0.2) is 26.7 Å². The second-order valence-corrected chi connectivity index (χ2v) is 5.49. The molecule has 0 aromatic carbocycles. The Bertz CT molecular complexity index is 668. The zero-order valence-electron chi connectivity index (χ0n) is 9.82. The van der Waals surface area contributed by atoms with E-state index in [1.54, 1.807) is 13.0 Å². The number of nitrogens with zero attached hydrogens (tertiary/aromatic N) is 2. The highest BCUT2D eigenvalue weighted by Gasteiger charge is 2.52. The number of rotatable bonds is 1. The Morgan fingerprint density at radius 2 is 2.11 bits per heavy atom. The molecule has 7 heteroatoms. The minimum atomic E-state index is -1.00. The van der Waals surface area contributed by atoms with E-state index in [-0.39, 0.29) is 22.7 Å². The summed E-state index contributed by atoms with van der Waals surface area (Å²) in [5.41, 5.74) is 0.897. The normalized spacial score (nSPS) is 24.8. The molecule has 1 aliphatic heterocycles. The minimum absolute atomic E-state index is 0.0482. The highest BCUT2D eigenvalue weighted by molar-refractivity contribution is 8.03. The topological polar surface area (TPSA) is 90.2 Å². The molecule has 0 bridgehead atoms. The largest absolute Gasteiger partial charge is 0.293 e. The Balaban J connectivity index is 2.15. The molecule has 0 saturated carbocycles. The van der Waals surface area contributed by atoms with Gasteiger partial charge >= 0.3 is 0 Å². The van der Waals surface area contributed by atoms with Crippen LogP contribution in [0, 0.1) is 23.0 Å². The Hall–Kier alpha value is -2.02. The van der Waals surface area contributed by atoms with Crippen LogP contribution in [-0.2, 0) is 0 Å². The Kier molecular flexibility index (Phi) is 2.53. The van der Waals surface area contributed by atoms with Crippen LogP contribution >= 0.6 is 11.8 Å². The maximum absolute atomic E-state index is 12.3. The number of thioether (sulfide) groups is 1. The molecule has 0 N–H and O–H groups in total. The average molecular weight is 276 g/mol. The fourth-order valence-corrected chi connectivity index (χ4v) is 3.53. The summed E-state index contributed by atoms with van der Waals surface area (Å²) in [6.07, 6.45) is 1.49. The van der Waals surface area contributed by atoms with Gasteiger partial charge in [0, 0.05) is 17.2 Å². The van der Waals surface area contributed by atoms with Crippen molar-refractivity contribution >= 4 is 23.3 Å². The van der Waals surface area contributed by atoms with Crippen molar-refractivity contribution in [1.29, 1.82) is 0 Å². The second kappa shape index (κ2) is 3.99. The van der Waals surface area contributed by atoms with Crippen molar-refractivity contribution < 1.29 is 14.5 Å². The molecule has 2 aliphatic rings. The number of ketones is 2. The first-order chi connectivity index (χ1) is 9.00. The van der Waals surface area contributed by atoms with Crippen molar-refractivity contribution in [2.75, 3.05) is 0 Å². The zero-order valence-corrected chi connectivity index (χ0v) is 10.6. The van der Waals surface area contributed by atoms with Gasteiger partial charge in [0.25, 0.3) is 5.70 Å². The van der Waals surface area contributed by atoms with Crippen molar-refractivity contribution in [2.45, 2.75) is 12.2 Å². The molecule has 96 valence electrons. The fraction of sp³-hybridized carbons (Fsp3) is 0.250. The summed E-state index contributed by atoms with van der Waals surface area (Å²) < 4.78 is 0. The molecule has 0 saturated heterocycles. The molecule has 1 aliphatic carbocycles. The van der Waals surface area contributed by atoms with Crippen LogP contribution in [0.3, 0.4) is 0 Å². The van der Waals surface area contributed by atoms with Crippen LogP contribution in [0.1, 0.15) is 26.4 Å². The lowest BCUT2D eigenvalue weighted by atomic mass is 9.82. The molecule has 0 fully saturated rings. The second-order valence-electron chi connectivity index (χ2n) is 4.47. The van der Waals surface area contributed by atoms with Crippen LogP contribution in [0.5, 0.6) is 0 Å². The average Bonchev–Trinajstić information content (AvgIpc) is 2.81. The van der Waals surface area contributed by atoms with Gasteiger partial charge in [0.05, 0.1) is 10.2 Å². The molecule has 2 atom stereocenters. The number of carbonyl (C=O) groups is 2. The lowest BCUT2D eigenvalue weighted by Crippen LogP contribution is -2.39. The van der Waals surface area contributed by atoms with E-state index in [9.17, 15) is 19.7 Å². The monoisotopic (exact) mass is 276 g/mol. The minimum Gasteiger partial charge on any atom is -0.293 e. The molecule has 1 aromatic heterocycles. The van der Waals surface area contributed by atoms with Gasteiger partial charge in [0.2, 0.25) is 0 Å². The van der Waals surface area contributed by atoms with E-state index in [4.69, 9.17) is 0 Å². The van der Waals surface area contributed by atoms with Crippen molar-refractivity contribution in [3.05, 3.63) is 50.3 Å². The molecular weight excluding hydrogens is 268 g/mol.